The Morgan fingerprint density at radius 1 is 1.29 bits per heavy atom. The smallest absolute Gasteiger partial charge is 0.269 e. The highest BCUT2D eigenvalue weighted by Gasteiger charge is 2.11. The van der Waals surface area contributed by atoms with Gasteiger partial charge in [0.2, 0.25) is 5.91 Å². The molecule has 110 valence electrons. The maximum Gasteiger partial charge on any atom is 0.269 e. The Bertz CT molecular complexity index is 605. The predicted molar refractivity (Wildman–Crippen MR) is 76.8 cm³/mol. The van der Waals surface area contributed by atoms with Gasteiger partial charge in [0.15, 0.2) is 0 Å². The molecule has 1 heterocycles. The van der Waals surface area contributed by atoms with E-state index in [9.17, 15) is 14.9 Å². The van der Waals surface area contributed by atoms with Crippen molar-refractivity contribution in [3.8, 4) is 0 Å². The van der Waals surface area contributed by atoms with E-state index in [0.29, 0.717) is 6.42 Å². The van der Waals surface area contributed by atoms with Gasteiger partial charge in [-0.25, -0.2) is 0 Å². The minimum absolute atomic E-state index is 0.00634. The Hall–Kier alpha value is -2.63. The Kier molecular flexibility index (Phi) is 4.71. The molecule has 1 amide bonds. The SMILES string of the molecule is CC(Cc1ccoc1)NC(=O)Cc1ccc([N+](=O)[O-])cc1. The third kappa shape index (κ3) is 4.45. The number of benzene rings is 1. The van der Waals surface area contributed by atoms with Gasteiger partial charge in [0.05, 0.1) is 23.9 Å². The molecule has 0 saturated carbocycles. The van der Waals surface area contributed by atoms with Gasteiger partial charge in [0.1, 0.15) is 0 Å². The highest BCUT2D eigenvalue weighted by atomic mass is 16.6. The largest absolute Gasteiger partial charge is 0.472 e. The van der Waals surface area contributed by atoms with Crippen LogP contribution in [0.3, 0.4) is 0 Å². The number of rotatable bonds is 6. The molecule has 0 fully saturated rings. The van der Waals surface area contributed by atoms with Gasteiger partial charge in [0, 0.05) is 18.2 Å². The zero-order chi connectivity index (χ0) is 15.2. The third-order valence-electron chi connectivity index (χ3n) is 3.04. The highest BCUT2D eigenvalue weighted by Crippen LogP contribution is 2.12. The molecule has 2 rings (SSSR count). The van der Waals surface area contributed by atoms with E-state index in [2.05, 4.69) is 5.32 Å². The van der Waals surface area contributed by atoms with Gasteiger partial charge >= 0.3 is 0 Å². The zero-order valence-corrected chi connectivity index (χ0v) is 11.6. The number of carbonyl (C=O) groups excluding carboxylic acids is 1. The van der Waals surface area contributed by atoms with Crippen molar-refractivity contribution in [3.63, 3.8) is 0 Å². The number of amides is 1. The summed E-state index contributed by atoms with van der Waals surface area (Å²) in [7, 11) is 0. The van der Waals surface area contributed by atoms with Crippen molar-refractivity contribution in [2.45, 2.75) is 25.8 Å². The number of nitrogens with zero attached hydrogens (tertiary/aromatic N) is 1. The topological polar surface area (TPSA) is 85.4 Å². The van der Waals surface area contributed by atoms with Crippen LogP contribution < -0.4 is 5.32 Å². The third-order valence-corrected chi connectivity index (χ3v) is 3.04. The van der Waals surface area contributed by atoms with Crippen LogP contribution in [-0.4, -0.2) is 16.9 Å². The number of furan rings is 1. The van der Waals surface area contributed by atoms with Crippen molar-refractivity contribution in [2.75, 3.05) is 0 Å². The maximum absolute atomic E-state index is 11.9. The monoisotopic (exact) mass is 288 g/mol. The molecule has 1 aromatic heterocycles. The van der Waals surface area contributed by atoms with Crippen molar-refractivity contribution in [1.82, 2.24) is 5.32 Å². The average molecular weight is 288 g/mol. The molecule has 0 aliphatic rings. The van der Waals surface area contributed by atoms with E-state index in [1.165, 1.54) is 12.1 Å². The second-order valence-corrected chi connectivity index (χ2v) is 4.90. The van der Waals surface area contributed by atoms with Gasteiger partial charge in [-0.2, -0.15) is 0 Å². The second kappa shape index (κ2) is 6.69. The molecular formula is C15H16N2O4. The normalized spacial score (nSPS) is 11.9. The molecule has 6 heteroatoms. The molecule has 6 nitrogen and oxygen atoms in total. The Morgan fingerprint density at radius 3 is 2.57 bits per heavy atom. The van der Waals surface area contributed by atoms with Gasteiger partial charge in [-0.15, -0.1) is 0 Å². The van der Waals surface area contributed by atoms with Gasteiger partial charge in [-0.3, -0.25) is 14.9 Å². The minimum atomic E-state index is -0.461. The summed E-state index contributed by atoms with van der Waals surface area (Å²) in [5.74, 6) is -0.111. The molecule has 1 atom stereocenters. The first-order valence-electron chi connectivity index (χ1n) is 6.58. The molecule has 0 radical (unpaired) electrons. The fourth-order valence-corrected chi connectivity index (χ4v) is 2.06. The van der Waals surface area contributed by atoms with E-state index in [1.807, 2.05) is 13.0 Å². The van der Waals surface area contributed by atoms with E-state index in [4.69, 9.17) is 4.42 Å². The lowest BCUT2D eigenvalue weighted by Crippen LogP contribution is -2.35. The summed E-state index contributed by atoms with van der Waals surface area (Å²) in [6, 6.07) is 7.85. The van der Waals surface area contributed by atoms with Crippen LogP contribution in [0.4, 0.5) is 5.69 Å². The lowest BCUT2D eigenvalue weighted by Gasteiger charge is -2.12. The first kappa shape index (κ1) is 14.8. The first-order valence-corrected chi connectivity index (χ1v) is 6.58. The van der Waals surface area contributed by atoms with E-state index < -0.39 is 4.92 Å². The highest BCUT2D eigenvalue weighted by molar-refractivity contribution is 5.78. The van der Waals surface area contributed by atoms with Crippen LogP contribution in [0.2, 0.25) is 0 Å². The lowest BCUT2D eigenvalue weighted by molar-refractivity contribution is -0.384. The molecule has 21 heavy (non-hydrogen) atoms. The number of hydrogen-bond acceptors (Lipinski definition) is 4. The van der Waals surface area contributed by atoms with Crippen LogP contribution in [0.1, 0.15) is 18.1 Å². The average Bonchev–Trinajstić information content (AvgIpc) is 2.91. The molecule has 2 aromatic rings. The van der Waals surface area contributed by atoms with Crippen LogP contribution in [0, 0.1) is 10.1 Å². The van der Waals surface area contributed by atoms with Crippen molar-refractivity contribution in [1.29, 1.82) is 0 Å². The van der Waals surface area contributed by atoms with Crippen molar-refractivity contribution in [2.24, 2.45) is 0 Å². The maximum atomic E-state index is 11.9. The van der Waals surface area contributed by atoms with Crippen LogP contribution >= 0.6 is 0 Å². The van der Waals surface area contributed by atoms with Crippen molar-refractivity contribution < 1.29 is 14.1 Å². The fraction of sp³-hybridized carbons (Fsp3) is 0.267. The molecule has 1 unspecified atom stereocenters. The number of carbonyl (C=O) groups is 1. The minimum Gasteiger partial charge on any atom is -0.472 e. The molecular weight excluding hydrogens is 272 g/mol. The van der Waals surface area contributed by atoms with Gasteiger partial charge < -0.3 is 9.73 Å². The molecule has 0 bridgehead atoms. The van der Waals surface area contributed by atoms with Crippen LogP contribution in [0.5, 0.6) is 0 Å². The zero-order valence-electron chi connectivity index (χ0n) is 11.6. The summed E-state index contributed by atoms with van der Waals surface area (Å²) < 4.78 is 4.98. The van der Waals surface area contributed by atoms with E-state index in [1.54, 1.807) is 24.7 Å². The van der Waals surface area contributed by atoms with Crippen LogP contribution in [-0.2, 0) is 17.6 Å². The first-order chi connectivity index (χ1) is 10.0. The van der Waals surface area contributed by atoms with E-state index in [-0.39, 0.29) is 24.1 Å². The quantitative estimate of drug-likeness (QED) is 0.653. The Morgan fingerprint density at radius 2 is 2.00 bits per heavy atom. The molecule has 0 spiro atoms. The summed E-state index contributed by atoms with van der Waals surface area (Å²) >= 11 is 0. The molecule has 1 aromatic carbocycles. The van der Waals surface area contributed by atoms with Crippen LogP contribution in [0.15, 0.2) is 47.3 Å². The molecule has 1 N–H and O–H groups in total. The van der Waals surface area contributed by atoms with E-state index >= 15 is 0 Å². The summed E-state index contributed by atoms with van der Waals surface area (Å²) in [5, 5.41) is 13.4. The van der Waals surface area contributed by atoms with Gasteiger partial charge in [-0.1, -0.05) is 12.1 Å². The number of nitro benzene ring substituents is 1. The molecule has 0 saturated heterocycles. The van der Waals surface area contributed by atoms with Gasteiger partial charge in [0.25, 0.3) is 5.69 Å². The van der Waals surface area contributed by atoms with E-state index in [0.717, 1.165) is 11.1 Å². The van der Waals surface area contributed by atoms with Crippen molar-refractivity contribution in [3.05, 3.63) is 64.1 Å². The molecule has 0 aliphatic heterocycles. The lowest BCUT2D eigenvalue weighted by atomic mass is 10.1. The number of non-ortho nitro benzene ring substituents is 1. The summed E-state index contributed by atoms with van der Waals surface area (Å²) in [5.41, 5.74) is 1.79. The summed E-state index contributed by atoms with van der Waals surface area (Å²) in [6.07, 6.45) is 4.15. The fourth-order valence-electron chi connectivity index (χ4n) is 2.06. The summed E-state index contributed by atoms with van der Waals surface area (Å²) in [4.78, 5) is 22.0. The van der Waals surface area contributed by atoms with Crippen LogP contribution in [0.25, 0.3) is 0 Å². The Balaban J connectivity index is 1.84. The Labute approximate surface area is 121 Å². The van der Waals surface area contributed by atoms with Gasteiger partial charge in [-0.05, 0) is 30.5 Å². The molecule has 0 aliphatic carbocycles. The number of nitrogens with one attached hydrogen (secondary N) is 1. The second-order valence-electron chi connectivity index (χ2n) is 4.90. The van der Waals surface area contributed by atoms with Crippen molar-refractivity contribution >= 4 is 11.6 Å². The number of nitro groups is 1. The predicted octanol–water partition coefficient (Wildman–Crippen LogP) is 2.48. The summed E-state index contributed by atoms with van der Waals surface area (Å²) in [6.45, 7) is 1.92. The standard InChI is InChI=1S/C15H16N2O4/c1-11(8-13-6-7-21-10-13)16-15(18)9-12-2-4-14(5-3-12)17(19)20/h2-7,10-11H,8-9H2,1H3,(H,16,18). The number of hydrogen-bond donors (Lipinski definition) is 1.